The number of carbonyl (C=O) groups is 3. The van der Waals surface area contributed by atoms with E-state index in [0.29, 0.717) is 43.2 Å². The van der Waals surface area contributed by atoms with E-state index in [1.165, 1.54) is 17.7 Å². The number of hydrogen-bond acceptors (Lipinski definition) is 5. The third-order valence-corrected chi connectivity index (χ3v) is 8.30. The van der Waals surface area contributed by atoms with Gasteiger partial charge in [0.1, 0.15) is 0 Å². The monoisotopic (exact) mass is 508 g/mol. The van der Waals surface area contributed by atoms with Crippen molar-refractivity contribution < 1.29 is 14.4 Å². The van der Waals surface area contributed by atoms with Gasteiger partial charge in [0, 0.05) is 38.6 Å². The van der Waals surface area contributed by atoms with E-state index >= 15 is 0 Å². The molecule has 2 aliphatic heterocycles. The van der Waals surface area contributed by atoms with Crippen LogP contribution >= 0.6 is 0 Å². The predicted octanol–water partition coefficient (Wildman–Crippen LogP) is 4.50. The highest BCUT2D eigenvalue weighted by atomic mass is 16.2. The number of piperazine rings is 1. The molecule has 0 N–H and O–H groups in total. The molecule has 3 amide bonds. The van der Waals surface area contributed by atoms with Crippen LogP contribution in [0, 0.1) is 5.92 Å². The number of nitrogens with zero attached hydrogens (tertiary/aromatic N) is 4. The smallest absolute Gasteiger partial charge is 0.263 e. The number of carbonyl (C=O) groups excluding carboxylic acids is 3. The number of amides is 3. The maximum absolute atomic E-state index is 13.8. The normalized spacial score (nSPS) is 18.7. The van der Waals surface area contributed by atoms with Crippen LogP contribution in [0.25, 0.3) is 0 Å². The van der Waals surface area contributed by atoms with Gasteiger partial charge in [-0.3, -0.25) is 24.3 Å². The van der Waals surface area contributed by atoms with Crippen LogP contribution in [0.2, 0.25) is 0 Å². The minimum atomic E-state index is -0.264. The Balaban J connectivity index is 1.18. The molecule has 3 aliphatic rings. The number of aromatic nitrogens is 1. The molecule has 0 bridgehead atoms. The number of benzene rings is 2. The Morgan fingerprint density at radius 3 is 2.26 bits per heavy atom. The number of pyridine rings is 1. The molecule has 1 saturated heterocycles. The Bertz CT molecular complexity index is 1330. The largest absolute Gasteiger partial charge is 0.367 e. The quantitative estimate of drug-likeness (QED) is 0.459. The van der Waals surface area contributed by atoms with Gasteiger partial charge in [-0.15, -0.1) is 0 Å². The first kappa shape index (κ1) is 24.3. The number of imide groups is 1. The third-order valence-electron chi connectivity index (χ3n) is 8.30. The summed E-state index contributed by atoms with van der Waals surface area (Å²) in [5, 5.41) is 0. The third kappa shape index (κ3) is 4.46. The van der Waals surface area contributed by atoms with Gasteiger partial charge in [0.05, 0.1) is 29.3 Å². The summed E-state index contributed by atoms with van der Waals surface area (Å²) in [6, 6.07) is 19.3. The van der Waals surface area contributed by atoms with E-state index in [-0.39, 0.29) is 30.2 Å². The molecular formula is C31H32N4O3. The highest BCUT2D eigenvalue weighted by Crippen LogP contribution is 2.39. The van der Waals surface area contributed by atoms with Crippen molar-refractivity contribution in [2.45, 2.75) is 38.1 Å². The fourth-order valence-electron chi connectivity index (χ4n) is 6.33. The fourth-order valence-corrected chi connectivity index (χ4v) is 6.33. The van der Waals surface area contributed by atoms with Gasteiger partial charge in [-0.2, -0.15) is 0 Å². The van der Waals surface area contributed by atoms with E-state index in [4.69, 9.17) is 0 Å². The van der Waals surface area contributed by atoms with Crippen LogP contribution in [0.1, 0.15) is 63.4 Å². The molecule has 2 aromatic carbocycles. The molecule has 0 radical (unpaired) electrons. The summed E-state index contributed by atoms with van der Waals surface area (Å²) in [5.41, 5.74) is 3.68. The second-order valence-electron chi connectivity index (χ2n) is 10.5. The highest BCUT2D eigenvalue weighted by Gasteiger charge is 2.40. The SMILES string of the molecule is O=C(C(c1ccccc1)C1CCCC1)N1CCN(c2cccc3c2C(=O)N(Cc2ccncc2)C3=O)CC1. The van der Waals surface area contributed by atoms with E-state index in [1.54, 1.807) is 18.5 Å². The Hall–Kier alpha value is -4.00. The lowest BCUT2D eigenvalue weighted by atomic mass is 9.83. The minimum Gasteiger partial charge on any atom is -0.367 e. The molecule has 7 heteroatoms. The second-order valence-corrected chi connectivity index (χ2v) is 10.5. The molecule has 0 spiro atoms. The van der Waals surface area contributed by atoms with Crippen LogP contribution < -0.4 is 4.90 Å². The van der Waals surface area contributed by atoms with Crippen molar-refractivity contribution in [3.05, 3.63) is 95.3 Å². The summed E-state index contributed by atoms with van der Waals surface area (Å²) < 4.78 is 0. The van der Waals surface area contributed by atoms with Crippen molar-refractivity contribution >= 4 is 23.4 Å². The van der Waals surface area contributed by atoms with Crippen LogP contribution in [-0.4, -0.2) is 58.7 Å². The van der Waals surface area contributed by atoms with Gasteiger partial charge in [-0.1, -0.05) is 49.2 Å². The lowest BCUT2D eigenvalue weighted by Crippen LogP contribution is -2.51. The lowest BCUT2D eigenvalue weighted by molar-refractivity contribution is -0.134. The molecule has 6 rings (SSSR count). The Kier molecular flexibility index (Phi) is 6.66. The lowest BCUT2D eigenvalue weighted by Gasteiger charge is -2.39. The summed E-state index contributed by atoms with van der Waals surface area (Å²) in [7, 11) is 0. The number of anilines is 1. The van der Waals surface area contributed by atoms with E-state index < -0.39 is 0 Å². The van der Waals surface area contributed by atoms with Crippen molar-refractivity contribution in [3.8, 4) is 0 Å². The molecule has 3 aromatic rings. The maximum Gasteiger partial charge on any atom is 0.263 e. The molecule has 1 unspecified atom stereocenters. The summed E-state index contributed by atoms with van der Waals surface area (Å²) in [6.45, 7) is 2.67. The van der Waals surface area contributed by atoms with E-state index in [2.05, 4.69) is 22.0 Å². The number of rotatable bonds is 6. The molecule has 3 heterocycles. The van der Waals surface area contributed by atoms with Crippen LogP contribution in [0.4, 0.5) is 5.69 Å². The molecule has 1 atom stereocenters. The van der Waals surface area contributed by atoms with Crippen molar-refractivity contribution in [1.29, 1.82) is 0 Å². The molecule has 1 saturated carbocycles. The average molecular weight is 509 g/mol. The van der Waals surface area contributed by atoms with Gasteiger partial charge in [-0.25, -0.2) is 0 Å². The molecular weight excluding hydrogens is 476 g/mol. The molecule has 194 valence electrons. The van der Waals surface area contributed by atoms with Crippen LogP contribution in [0.5, 0.6) is 0 Å². The van der Waals surface area contributed by atoms with E-state index in [0.717, 1.165) is 29.7 Å². The first-order valence-corrected chi connectivity index (χ1v) is 13.6. The second kappa shape index (κ2) is 10.4. The van der Waals surface area contributed by atoms with Crippen molar-refractivity contribution in [2.75, 3.05) is 31.1 Å². The van der Waals surface area contributed by atoms with Gasteiger partial charge in [0.2, 0.25) is 5.91 Å². The summed E-state index contributed by atoms with van der Waals surface area (Å²) in [4.78, 5) is 49.9. The zero-order valence-electron chi connectivity index (χ0n) is 21.5. The zero-order chi connectivity index (χ0) is 26.1. The molecule has 1 aliphatic carbocycles. The predicted molar refractivity (Wildman–Crippen MR) is 145 cm³/mol. The standard InChI is InChI=1S/C31H32N4O3/c36-29-25-11-6-12-26(28(25)31(38)35(29)21-22-13-15-32-16-14-22)33-17-19-34(20-18-33)30(37)27(24-9-4-5-10-24)23-7-2-1-3-8-23/h1-3,6-8,11-16,24,27H,4-5,9-10,17-21H2. The van der Waals surface area contributed by atoms with Crippen molar-refractivity contribution in [1.82, 2.24) is 14.8 Å². The van der Waals surface area contributed by atoms with E-state index in [9.17, 15) is 14.4 Å². The Morgan fingerprint density at radius 1 is 0.842 bits per heavy atom. The van der Waals surface area contributed by atoms with Crippen LogP contribution in [-0.2, 0) is 11.3 Å². The number of hydrogen-bond donors (Lipinski definition) is 0. The van der Waals surface area contributed by atoms with Gasteiger partial charge >= 0.3 is 0 Å². The van der Waals surface area contributed by atoms with Crippen LogP contribution in [0.15, 0.2) is 73.1 Å². The molecule has 38 heavy (non-hydrogen) atoms. The Morgan fingerprint density at radius 2 is 1.55 bits per heavy atom. The average Bonchev–Trinajstić information content (AvgIpc) is 3.58. The fraction of sp³-hybridized carbons (Fsp3) is 0.355. The maximum atomic E-state index is 13.8. The summed E-state index contributed by atoms with van der Waals surface area (Å²) in [5.74, 6) is -0.000595. The van der Waals surface area contributed by atoms with Crippen molar-refractivity contribution in [3.63, 3.8) is 0 Å². The van der Waals surface area contributed by atoms with Gasteiger partial charge < -0.3 is 9.80 Å². The Labute approximate surface area is 223 Å². The first-order chi connectivity index (χ1) is 18.6. The van der Waals surface area contributed by atoms with Crippen molar-refractivity contribution in [2.24, 2.45) is 5.92 Å². The topological polar surface area (TPSA) is 73.8 Å². The van der Waals surface area contributed by atoms with E-state index in [1.807, 2.05) is 47.4 Å². The molecule has 2 fully saturated rings. The highest BCUT2D eigenvalue weighted by molar-refractivity contribution is 6.23. The minimum absolute atomic E-state index is 0.0906. The van der Waals surface area contributed by atoms with Crippen LogP contribution in [0.3, 0.4) is 0 Å². The zero-order valence-corrected chi connectivity index (χ0v) is 21.5. The number of fused-ring (bicyclic) bond motifs is 1. The summed E-state index contributed by atoms with van der Waals surface area (Å²) in [6.07, 6.45) is 7.92. The van der Waals surface area contributed by atoms with Gasteiger partial charge in [0.25, 0.3) is 11.8 Å². The molecule has 1 aromatic heterocycles. The first-order valence-electron chi connectivity index (χ1n) is 13.6. The molecule has 7 nitrogen and oxygen atoms in total. The van der Waals surface area contributed by atoms with Gasteiger partial charge in [-0.05, 0) is 54.2 Å². The van der Waals surface area contributed by atoms with Gasteiger partial charge in [0.15, 0.2) is 0 Å². The summed E-state index contributed by atoms with van der Waals surface area (Å²) >= 11 is 0.